The monoisotopic (exact) mass is 671 g/mol. The number of benzene rings is 3. The van der Waals surface area contributed by atoms with Gasteiger partial charge in [0.05, 0.1) is 24.4 Å². The van der Waals surface area contributed by atoms with Crippen LogP contribution in [0.5, 0.6) is 0 Å². The number of amides is 2. The van der Waals surface area contributed by atoms with Crippen LogP contribution in [0.15, 0.2) is 96.2 Å². The standard InChI is InChI=1S/C36H37N3O8S/c40-21-23-9-11-26(12-10-23)31-19-29(22-48-34-30(35(43)44)6-3-17-37-34)46-36(47-31)27-15-13-25(14-16-27)28-5-1-4-24(18-28)20-38-32(41)7-2-8-33(42)39-45/h1,3-6,9-18,29,31,36,40,45H,2,7-8,19-22H2,(H,38,41)(H,39,42)(H,43,44)/t29-,31+,36+/m0/s1. The van der Waals surface area contributed by atoms with E-state index < -0.39 is 18.2 Å². The molecule has 0 saturated carbocycles. The Labute approximate surface area is 282 Å². The second kappa shape index (κ2) is 17.0. The van der Waals surface area contributed by atoms with E-state index in [1.165, 1.54) is 17.8 Å². The molecule has 4 aromatic rings. The molecule has 250 valence electrons. The molecule has 0 radical (unpaired) electrons. The summed E-state index contributed by atoms with van der Waals surface area (Å²) in [4.78, 5) is 39.3. The minimum absolute atomic E-state index is 0.0515. The smallest absolute Gasteiger partial charge is 0.338 e. The fourth-order valence-electron chi connectivity index (χ4n) is 5.31. The summed E-state index contributed by atoms with van der Waals surface area (Å²) in [5.41, 5.74) is 7.15. The first-order valence-electron chi connectivity index (χ1n) is 15.5. The van der Waals surface area contributed by atoms with Crippen LogP contribution in [0.2, 0.25) is 0 Å². The minimum Gasteiger partial charge on any atom is -0.478 e. The van der Waals surface area contributed by atoms with Crippen molar-refractivity contribution >= 4 is 29.5 Å². The number of hydroxylamine groups is 1. The second-order valence-electron chi connectivity index (χ2n) is 11.3. The predicted octanol–water partition coefficient (Wildman–Crippen LogP) is 5.57. The fraction of sp³-hybridized carbons (Fsp3) is 0.278. The number of carbonyl (C=O) groups excluding carboxylic acids is 2. The van der Waals surface area contributed by atoms with E-state index in [9.17, 15) is 24.6 Å². The molecule has 12 heteroatoms. The molecule has 2 heterocycles. The zero-order valence-corrected chi connectivity index (χ0v) is 26.9. The highest BCUT2D eigenvalue weighted by Crippen LogP contribution is 2.40. The van der Waals surface area contributed by atoms with Gasteiger partial charge in [0, 0.05) is 43.3 Å². The van der Waals surface area contributed by atoms with Crippen LogP contribution in [0.3, 0.4) is 0 Å². The van der Waals surface area contributed by atoms with Crippen molar-refractivity contribution in [2.45, 2.75) is 62.4 Å². The maximum Gasteiger partial charge on any atom is 0.338 e. The summed E-state index contributed by atoms with van der Waals surface area (Å²) in [6.07, 6.45) is 1.49. The topological polar surface area (TPSA) is 167 Å². The number of aromatic carboxylic acids is 1. The van der Waals surface area contributed by atoms with Crippen molar-refractivity contribution in [3.8, 4) is 11.1 Å². The normalized spacial score (nSPS) is 17.4. The predicted molar refractivity (Wildman–Crippen MR) is 178 cm³/mol. The highest BCUT2D eigenvalue weighted by Gasteiger charge is 2.32. The largest absolute Gasteiger partial charge is 0.478 e. The van der Waals surface area contributed by atoms with E-state index >= 15 is 0 Å². The van der Waals surface area contributed by atoms with Gasteiger partial charge in [0.15, 0.2) is 6.29 Å². The SMILES string of the molecule is O=C(CCCC(=O)NCc1cccc(-c2ccc([C@@H]3O[C@H](CSc4ncccc4C(=O)O)C[C@H](c4ccc(CO)cc4)O3)cc2)c1)NO. The number of thioether (sulfide) groups is 1. The zero-order valence-electron chi connectivity index (χ0n) is 26.1. The quantitative estimate of drug-likeness (QED) is 0.0650. The lowest BCUT2D eigenvalue weighted by Crippen LogP contribution is -2.31. The molecular formula is C36H37N3O8S. The van der Waals surface area contributed by atoms with E-state index in [-0.39, 0.29) is 43.1 Å². The summed E-state index contributed by atoms with van der Waals surface area (Å²) in [5.74, 6) is -1.26. The summed E-state index contributed by atoms with van der Waals surface area (Å²) >= 11 is 1.34. The van der Waals surface area contributed by atoms with E-state index in [1.54, 1.807) is 17.7 Å². The number of hydrogen-bond donors (Lipinski definition) is 5. The second-order valence-corrected chi connectivity index (χ2v) is 12.3. The summed E-state index contributed by atoms with van der Waals surface area (Å²) in [6.45, 7) is 0.289. The first-order chi connectivity index (χ1) is 23.3. The summed E-state index contributed by atoms with van der Waals surface area (Å²) in [6, 6.07) is 26.5. The van der Waals surface area contributed by atoms with Crippen LogP contribution in [0, 0.1) is 0 Å². The molecule has 3 aromatic carbocycles. The Morgan fingerprint density at radius 2 is 1.60 bits per heavy atom. The Hall–Kier alpha value is -4.59. The Morgan fingerprint density at radius 1 is 0.854 bits per heavy atom. The van der Waals surface area contributed by atoms with Crippen LogP contribution in [0.1, 0.15) is 70.7 Å². The average Bonchev–Trinajstić information content (AvgIpc) is 3.13. The van der Waals surface area contributed by atoms with Crippen molar-refractivity contribution < 1.29 is 39.3 Å². The lowest BCUT2D eigenvalue weighted by molar-refractivity contribution is -0.245. The summed E-state index contributed by atoms with van der Waals surface area (Å²) < 4.78 is 12.9. The number of carboxylic acids is 1. The van der Waals surface area contributed by atoms with Gasteiger partial charge < -0.3 is 25.0 Å². The van der Waals surface area contributed by atoms with Crippen LogP contribution < -0.4 is 10.8 Å². The highest BCUT2D eigenvalue weighted by atomic mass is 32.2. The maximum absolute atomic E-state index is 12.2. The maximum atomic E-state index is 12.2. The van der Waals surface area contributed by atoms with Gasteiger partial charge >= 0.3 is 5.97 Å². The molecule has 1 aliphatic heterocycles. The van der Waals surface area contributed by atoms with Gasteiger partial charge in [-0.05, 0) is 52.4 Å². The molecule has 5 N–H and O–H groups in total. The number of aliphatic hydroxyl groups is 1. The molecule has 0 bridgehead atoms. The number of nitrogens with one attached hydrogen (secondary N) is 2. The van der Waals surface area contributed by atoms with Crippen LogP contribution in [0.25, 0.3) is 11.1 Å². The lowest BCUT2D eigenvalue weighted by Gasteiger charge is -2.36. The number of aliphatic hydroxyl groups excluding tert-OH is 1. The number of aromatic nitrogens is 1. The molecule has 1 fully saturated rings. The van der Waals surface area contributed by atoms with Crippen LogP contribution in [-0.2, 0) is 32.2 Å². The van der Waals surface area contributed by atoms with Gasteiger partial charge in [-0.2, -0.15) is 0 Å². The number of nitrogens with zero attached hydrogens (tertiary/aromatic N) is 1. The molecule has 0 unspecified atom stereocenters. The van der Waals surface area contributed by atoms with Gasteiger partial charge in [-0.1, -0.05) is 66.7 Å². The molecule has 0 aliphatic carbocycles. The average molecular weight is 672 g/mol. The molecule has 2 amide bonds. The third-order valence-electron chi connectivity index (χ3n) is 7.89. The molecule has 0 spiro atoms. The molecule has 1 saturated heterocycles. The summed E-state index contributed by atoms with van der Waals surface area (Å²) in [5, 5.41) is 31.0. The van der Waals surface area contributed by atoms with E-state index in [0.29, 0.717) is 30.2 Å². The van der Waals surface area contributed by atoms with E-state index in [1.807, 2.05) is 72.8 Å². The van der Waals surface area contributed by atoms with Gasteiger partial charge in [0.2, 0.25) is 11.8 Å². The van der Waals surface area contributed by atoms with Crippen LogP contribution in [-0.4, -0.2) is 50.0 Å². The van der Waals surface area contributed by atoms with Crippen LogP contribution >= 0.6 is 11.8 Å². The number of hydrogen-bond acceptors (Lipinski definition) is 9. The molecular weight excluding hydrogens is 634 g/mol. The van der Waals surface area contributed by atoms with Gasteiger partial charge in [-0.15, -0.1) is 11.8 Å². The van der Waals surface area contributed by atoms with Gasteiger partial charge in [0.25, 0.3) is 0 Å². The first kappa shape index (κ1) is 34.7. The zero-order chi connectivity index (χ0) is 33.9. The highest BCUT2D eigenvalue weighted by molar-refractivity contribution is 7.99. The van der Waals surface area contributed by atoms with Crippen molar-refractivity contribution in [2.75, 3.05) is 5.75 Å². The summed E-state index contributed by atoms with van der Waals surface area (Å²) in [7, 11) is 0. The molecule has 5 rings (SSSR count). The van der Waals surface area contributed by atoms with E-state index in [0.717, 1.165) is 33.4 Å². The minimum atomic E-state index is -1.03. The van der Waals surface area contributed by atoms with Crippen molar-refractivity contribution in [1.29, 1.82) is 0 Å². The number of rotatable bonds is 14. The lowest BCUT2D eigenvalue weighted by atomic mass is 9.99. The van der Waals surface area contributed by atoms with Crippen molar-refractivity contribution in [1.82, 2.24) is 15.8 Å². The third kappa shape index (κ3) is 9.49. The Kier molecular flexibility index (Phi) is 12.3. The van der Waals surface area contributed by atoms with Crippen molar-refractivity contribution in [2.24, 2.45) is 0 Å². The van der Waals surface area contributed by atoms with Gasteiger partial charge in [0.1, 0.15) is 5.03 Å². The number of ether oxygens (including phenoxy) is 2. The number of carboxylic acid groups (broad SMARTS) is 1. The first-order valence-corrected chi connectivity index (χ1v) is 16.5. The number of carbonyl (C=O) groups is 3. The van der Waals surface area contributed by atoms with E-state index in [2.05, 4.69) is 10.3 Å². The third-order valence-corrected chi connectivity index (χ3v) is 9.02. The molecule has 48 heavy (non-hydrogen) atoms. The molecule has 1 aromatic heterocycles. The fourth-order valence-corrected chi connectivity index (χ4v) is 6.32. The van der Waals surface area contributed by atoms with E-state index in [4.69, 9.17) is 14.7 Å². The molecule has 3 atom stereocenters. The Morgan fingerprint density at radius 3 is 2.33 bits per heavy atom. The molecule has 1 aliphatic rings. The molecule has 11 nitrogen and oxygen atoms in total. The van der Waals surface area contributed by atoms with Crippen molar-refractivity contribution in [3.63, 3.8) is 0 Å². The number of pyridine rings is 1. The van der Waals surface area contributed by atoms with Gasteiger partial charge in [-0.3, -0.25) is 14.8 Å². The van der Waals surface area contributed by atoms with Crippen LogP contribution in [0.4, 0.5) is 0 Å². The Bertz CT molecular complexity index is 1700. The Balaban J connectivity index is 1.27. The van der Waals surface area contributed by atoms with Gasteiger partial charge in [-0.25, -0.2) is 15.3 Å². The van der Waals surface area contributed by atoms with Crippen molar-refractivity contribution in [3.05, 3.63) is 119 Å².